The second-order valence-electron chi connectivity index (χ2n) is 4.78. The molecule has 23 heavy (non-hydrogen) atoms. The largest absolute Gasteiger partial charge is 0.494 e. The standard InChI is InChI=1S/C17H20N2O3S/c1-3-17(14-8-6-5-7-9-14)18-19-23(20,21)16-12-10-15(11-13-16)22-4-2/h5-13,19H,3-4H2,1-2H3/b18-17+. The number of rotatable bonds is 7. The molecule has 0 saturated carbocycles. The molecule has 2 rings (SSSR count). The molecule has 0 unspecified atom stereocenters. The molecule has 6 heteroatoms. The molecule has 0 heterocycles. The first-order valence-corrected chi connectivity index (χ1v) is 8.91. The lowest BCUT2D eigenvalue weighted by Crippen LogP contribution is -2.20. The van der Waals surface area contributed by atoms with Gasteiger partial charge in [0.1, 0.15) is 5.75 Å². The van der Waals surface area contributed by atoms with Gasteiger partial charge in [-0.15, -0.1) is 0 Å². The molecule has 2 aromatic carbocycles. The third-order valence-corrected chi connectivity index (χ3v) is 4.41. The van der Waals surface area contributed by atoms with E-state index in [0.717, 1.165) is 5.56 Å². The molecule has 2 aromatic rings. The summed E-state index contributed by atoms with van der Waals surface area (Å²) in [6.45, 7) is 4.33. The molecule has 0 saturated heterocycles. The van der Waals surface area contributed by atoms with E-state index in [4.69, 9.17) is 4.74 Å². The lowest BCUT2D eigenvalue weighted by Gasteiger charge is -2.08. The zero-order chi connectivity index (χ0) is 16.7. The van der Waals surface area contributed by atoms with Gasteiger partial charge in [0, 0.05) is 0 Å². The Morgan fingerprint density at radius 1 is 1.04 bits per heavy atom. The third kappa shape index (κ3) is 4.56. The van der Waals surface area contributed by atoms with Crippen molar-refractivity contribution in [2.75, 3.05) is 6.61 Å². The minimum absolute atomic E-state index is 0.146. The lowest BCUT2D eigenvalue weighted by atomic mass is 10.1. The Balaban J connectivity index is 2.18. The monoisotopic (exact) mass is 332 g/mol. The van der Waals surface area contributed by atoms with Gasteiger partial charge in [-0.25, -0.2) is 0 Å². The second kappa shape index (κ2) is 7.78. The normalized spacial score (nSPS) is 12.0. The van der Waals surface area contributed by atoms with E-state index in [0.29, 0.717) is 24.5 Å². The summed E-state index contributed by atoms with van der Waals surface area (Å²) in [5.74, 6) is 0.633. The quantitative estimate of drug-likeness (QED) is 0.625. The molecular weight excluding hydrogens is 312 g/mol. The van der Waals surface area contributed by atoms with Crippen LogP contribution in [0.2, 0.25) is 0 Å². The minimum atomic E-state index is -3.70. The highest BCUT2D eigenvalue weighted by atomic mass is 32.2. The minimum Gasteiger partial charge on any atom is -0.494 e. The smallest absolute Gasteiger partial charge is 0.276 e. The van der Waals surface area contributed by atoms with Gasteiger partial charge in [0.25, 0.3) is 10.0 Å². The van der Waals surface area contributed by atoms with Crippen LogP contribution < -0.4 is 9.57 Å². The summed E-state index contributed by atoms with van der Waals surface area (Å²) in [6.07, 6.45) is 0.621. The Bertz CT molecular complexity index is 754. The van der Waals surface area contributed by atoms with Crippen molar-refractivity contribution in [2.45, 2.75) is 25.2 Å². The number of hydrogen-bond donors (Lipinski definition) is 1. The molecule has 0 radical (unpaired) electrons. The molecule has 0 aliphatic carbocycles. The Labute approximate surface area is 137 Å². The van der Waals surface area contributed by atoms with Gasteiger partial charge in [-0.1, -0.05) is 37.3 Å². The van der Waals surface area contributed by atoms with Gasteiger partial charge in [-0.05, 0) is 43.2 Å². The van der Waals surface area contributed by atoms with Crippen LogP contribution in [0.25, 0.3) is 0 Å². The van der Waals surface area contributed by atoms with E-state index in [-0.39, 0.29) is 4.90 Å². The summed E-state index contributed by atoms with van der Waals surface area (Å²) in [6, 6.07) is 15.7. The average Bonchev–Trinajstić information content (AvgIpc) is 2.57. The van der Waals surface area contributed by atoms with E-state index in [1.807, 2.05) is 44.2 Å². The molecule has 0 fully saturated rings. The predicted octanol–water partition coefficient (Wildman–Crippen LogP) is 3.18. The van der Waals surface area contributed by atoms with Crippen LogP contribution in [-0.4, -0.2) is 20.7 Å². The molecule has 0 aromatic heterocycles. The molecule has 0 spiro atoms. The Morgan fingerprint density at radius 2 is 1.70 bits per heavy atom. The van der Waals surface area contributed by atoms with E-state index in [2.05, 4.69) is 9.93 Å². The summed E-state index contributed by atoms with van der Waals surface area (Å²) in [5, 5.41) is 4.07. The molecule has 5 nitrogen and oxygen atoms in total. The van der Waals surface area contributed by atoms with Gasteiger partial charge in [-0.2, -0.15) is 18.4 Å². The van der Waals surface area contributed by atoms with Gasteiger partial charge in [0.15, 0.2) is 0 Å². The van der Waals surface area contributed by atoms with Crippen LogP contribution in [0.15, 0.2) is 64.6 Å². The average molecular weight is 332 g/mol. The van der Waals surface area contributed by atoms with Gasteiger partial charge in [0.2, 0.25) is 0 Å². The number of nitrogens with zero attached hydrogens (tertiary/aromatic N) is 1. The maximum Gasteiger partial charge on any atom is 0.276 e. The van der Waals surface area contributed by atoms with Gasteiger partial charge in [-0.3, -0.25) is 0 Å². The zero-order valence-corrected chi connectivity index (χ0v) is 14.0. The number of hydrogen-bond acceptors (Lipinski definition) is 4. The Kier molecular flexibility index (Phi) is 5.76. The first-order chi connectivity index (χ1) is 11.1. The highest BCUT2D eigenvalue weighted by Crippen LogP contribution is 2.16. The molecule has 0 aliphatic heterocycles. The zero-order valence-electron chi connectivity index (χ0n) is 13.2. The molecule has 0 amide bonds. The van der Waals surface area contributed by atoms with Crippen molar-refractivity contribution >= 4 is 15.7 Å². The van der Waals surface area contributed by atoms with Crippen molar-refractivity contribution in [1.82, 2.24) is 4.83 Å². The summed E-state index contributed by atoms with van der Waals surface area (Å²) in [7, 11) is -3.70. The van der Waals surface area contributed by atoms with Gasteiger partial charge < -0.3 is 4.74 Å². The number of ether oxygens (including phenoxy) is 1. The van der Waals surface area contributed by atoms with Crippen molar-refractivity contribution in [3.05, 3.63) is 60.2 Å². The summed E-state index contributed by atoms with van der Waals surface area (Å²) in [5.41, 5.74) is 1.57. The predicted molar refractivity (Wildman–Crippen MR) is 91.2 cm³/mol. The maximum absolute atomic E-state index is 12.3. The van der Waals surface area contributed by atoms with Crippen LogP contribution in [0.4, 0.5) is 0 Å². The van der Waals surface area contributed by atoms with Crippen molar-refractivity contribution in [1.29, 1.82) is 0 Å². The number of nitrogens with one attached hydrogen (secondary N) is 1. The van der Waals surface area contributed by atoms with E-state index >= 15 is 0 Å². The maximum atomic E-state index is 12.3. The number of hydrazone groups is 1. The molecule has 122 valence electrons. The summed E-state index contributed by atoms with van der Waals surface area (Å²) < 4.78 is 29.9. The Hall–Kier alpha value is -2.34. The fourth-order valence-corrected chi connectivity index (χ4v) is 2.86. The second-order valence-corrected chi connectivity index (χ2v) is 6.44. The first kappa shape index (κ1) is 17.0. The SMILES string of the molecule is CCOc1ccc(S(=O)(=O)N/N=C(\CC)c2ccccc2)cc1. The van der Waals surface area contributed by atoms with Crippen molar-refractivity contribution < 1.29 is 13.2 Å². The van der Waals surface area contributed by atoms with E-state index in [1.165, 1.54) is 12.1 Å². The molecular formula is C17H20N2O3S. The topological polar surface area (TPSA) is 67.8 Å². The fraction of sp³-hybridized carbons (Fsp3) is 0.235. The molecule has 0 bridgehead atoms. The van der Waals surface area contributed by atoms with Gasteiger partial charge in [0.05, 0.1) is 17.2 Å². The highest BCUT2D eigenvalue weighted by Gasteiger charge is 2.13. The molecule has 0 aliphatic rings. The van der Waals surface area contributed by atoms with Crippen LogP contribution in [0.5, 0.6) is 5.75 Å². The summed E-state index contributed by atoms with van der Waals surface area (Å²) in [4.78, 5) is 2.44. The van der Waals surface area contributed by atoms with E-state index < -0.39 is 10.0 Å². The Morgan fingerprint density at radius 3 is 2.26 bits per heavy atom. The summed E-state index contributed by atoms with van der Waals surface area (Å²) >= 11 is 0. The van der Waals surface area contributed by atoms with E-state index in [1.54, 1.807) is 12.1 Å². The van der Waals surface area contributed by atoms with E-state index in [9.17, 15) is 8.42 Å². The number of benzene rings is 2. The van der Waals surface area contributed by atoms with Gasteiger partial charge >= 0.3 is 0 Å². The van der Waals surface area contributed by atoms with Crippen LogP contribution in [0.1, 0.15) is 25.8 Å². The van der Waals surface area contributed by atoms with Crippen LogP contribution in [0.3, 0.4) is 0 Å². The third-order valence-electron chi connectivity index (χ3n) is 3.19. The molecule has 1 N–H and O–H groups in total. The van der Waals surface area contributed by atoms with Crippen LogP contribution >= 0.6 is 0 Å². The molecule has 0 atom stereocenters. The van der Waals surface area contributed by atoms with Crippen molar-refractivity contribution in [3.63, 3.8) is 0 Å². The van der Waals surface area contributed by atoms with Crippen molar-refractivity contribution in [2.24, 2.45) is 5.10 Å². The van der Waals surface area contributed by atoms with Crippen LogP contribution in [0, 0.1) is 0 Å². The number of sulfonamides is 1. The fourth-order valence-electron chi connectivity index (χ4n) is 2.03. The first-order valence-electron chi connectivity index (χ1n) is 7.43. The van der Waals surface area contributed by atoms with Crippen LogP contribution in [-0.2, 0) is 10.0 Å². The lowest BCUT2D eigenvalue weighted by molar-refractivity contribution is 0.340. The van der Waals surface area contributed by atoms with Crippen molar-refractivity contribution in [3.8, 4) is 5.75 Å². The highest BCUT2D eigenvalue weighted by molar-refractivity contribution is 7.89.